The van der Waals surface area contributed by atoms with E-state index < -0.39 is 0 Å². The average Bonchev–Trinajstić information content (AvgIpc) is 1.86. The first-order valence-corrected chi connectivity index (χ1v) is 3.63. The lowest BCUT2D eigenvalue weighted by Gasteiger charge is -2.13. The molecule has 0 aromatic carbocycles. The molecule has 0 aliphatic rings. The molecule has 0 fully saturated rings. The van der Waals surface area contributed by atoms with Gasteiger partial charge in [-0.05, 0) is 25.2 Å². The summed E-state index contributed by atoms with van der Waals surface area (Å²) < 4.78 is 4.51. The van der Waals surface area contributed by atoms with Gasteiger partial charge in [-0.3, -0.25) is 5.26 Å². The number of hydrogen-bond acceptors (Lipinski definition) is 4. The molecule has 0 rings (SSSR count). The van der Waals surface area contributed by atoms with Crippen LogP contribution < -0.4 is 0 Å². The standard InChI is InChI=1S/C6H14O3S/c1-5(2)3-6(9-7)4-8-10/h5-7,10H,3-4H2,1-2H3. The highest BCUT2D eigenvalue weighted by molar-refractivity contribution is 7.75. The molecule has 0 spiro atoms. The van der Waals surface area contributed by atoms with Gasteiger partial charge < -0.3 is 4.18 Å². The van der Waals surface area contributed by atoms with E-state index in [0.29, 0.717) is 12.5 Å². The third kappa shape index (κ3) is 5.05. The Bertz CT molecular complexity index is 77.4. The van der Waals surface area contributed by atoms with Crippen molar-refractivity contribution < 1.29 is 14.3 Å². The Balaban J connectivity index is 3.39. The highest BCUT2D eigenvalue weighted by atomic mass is 32.1. The van der Waals surface area contributed by atoms with E-state index in [1.165, 1.54) is 0 Å². The highest BCUT2D eigenvalue weighted by Gasteiger charge is 2.10. The van der Waals surface area contributed by atoms with Gasteiger partial charge in [-0.25, -0.2) is 4.89 Å². The zero-order valence-electron chi connectivity index (χ0n) is 6.28. The van der Waals surface area contributed by atoms with E-state index in [4.69, 9.17) is 5.26 Å². The zero-order chi connectivity index (χ0) is 7.98. The Hall–Kier alpha value is 0.230. The van der Waals surface area contributed by atoms with Crippen LogP contribution in [0.15, 0.2) is 0 Å². The summed E-state index contributed by atoms with van der Waals surface area (Å²) in [6, 6.07) is 0. The lowest BCUT2D eigenvalue weighted by molar-refractivity contribution is -0.285. The van der Waals surface area contributed by atoms with Crippen molar-refractivity contribution >= 4 is 12.9 Å². The minimum Gasteiger partial charge on any atom is -0.316 e. The fourth-order valence-electron chi connectivity index (χ4n) is 0.750. The molecule has 1 atom stereocenters. The maximum Gasteiger partial charge on any atom is 0.117 e. The first-order chi connectivity index (χ1) is 4.70. The summed E-state index contributed by atoms with van der Waals surface area (Å²) in [6.45, 7) is 4.41. The van der Waals surface area contributed by atoms with E-state index in [1.807, 2.05) is 13.8 Å². The molecule has 0 heterocycles. The van der Waals surface area contributed by atoms with Crippen molar-refractivity contribution in [1.29, 1.82) is 0 Å². The zero-order valence-corrected chi connectivity index (χ0v) is 7.17. The highest BCUT2D eigenvalue weighted by Crippen LogP contribution is 2.07. The fraction of sp³-hybridized carbons (Fsp3) is 1.00. The Kier molecular flexibility index (Phi) is 6.11. The molecule has 0 aliphatic carbocycles. The van der Waals surface area contributed by atoms with Crippen LogP contribution in [0, 0.1) is 5.92 Å². The van der Waals surface area contributed by atoms with Crippen molar-refractivity contribution in [3.8, 4) is 0 Å². The van der Waals surface area contributed by atoms with Gasteiger partial charge in [0.1, 0.15) is 6.10 Å². The van der Waals surface area contributed by atoms with Crippen molar-refractivity contribution in [3.63, 3.8) is 0 Å². The smallest absolute Gasteiger partial charge is 0.117 e. The van der Waals surface area contributed by atoms with Crippen LogP contribution in [0.5, 0.6) is 0 Å². The molecule has 4 heteroatoms. The van der Waals surface area contributed by atoms with Gasteiger partial charge in [0.25, 0.3) is 0 Å². The fourth-order valence-corrected chi connectivity index (χ4v) is 0.917. The molecule has 10 heavy (non-hydrogen) atoms. The van der Waals surface area contributed by atoms with Gasteiger partial charge in [0.15, 0.2) is 0 Å². The van der Waals surface area contributed by atoms with Crippen LogP contribution >= 0.6 is 12.9 Å². The predicted octanol–water partition coefficient (Wildman–Crippen LogP) is 1.75. The third-order valence-electron chi connectivity index (χ3n) is 1.14. The molecule has 1 unspecified atom stereocenters. The van der Waals surface area contributed by atoms with Gasteiger partial charge in [-0.2, -0.15) is 0 Å². The largest absolute Gasteiger partial charge is 0.316 e. The van der Waals surface area contributed by atoms with Crippen molar-refractivity contribution in [2.75, 3.05) is 6.61 Å². The molecule has 0 saturated heterocycles. The molecule has 0 aromatic rings. The number of rotatable bonds is 5. The van der Waals surface area contributed by atoms with Crippen molar-refractivity contribution in [2.45, 2.75) is 26.4 Å². The molecular formula is C6H14O3S. The Morgan fingerprint density at radius 1 is 1.50 bits per heavy atom. The SMILES string of the molecule is CC(C)CC(COS)OO. The lowest BCUT2D eigenvalue weighted by Crippen LogP contribution is -2.18. The second-order valence-electron chi connectivity index (χ2n) is 2.65. The van der Waals surface area contributed by atoms with Crippen LogP contribution in [-0.4, -0.2) is 18.0 Å². The molecule has 0 amide bonds. The van der Waals surface area contributed by atoms with Crippen LogP contribution in [-0.2, 0) is 9.07 Å². The van der Waals surface area contributed by atoms with Gasteiger partial charge in [0, 0.05) is 0 Å². The molecule has 0 radical (unpaired) electrons. The van der Waals surface area contributed by atoms with E-state index >= 15 is 0 Å². The molecule has 1 N–H and O–H groups in total. The molecule has 62 valence electrons. The van der Waals surface area contributed by atoms with Gasteiger partial charge in [-0.15, -0.1) is 0 Å². The van der Waals surface area contributed by atoms with Gasteiger partial charge in [0.05, 0.1) is 6.61 Å². The summed E-state index contributed by atoms with van der Waals surface area (Å²) >= 11 is 3.55. The van der Waals surface area contributed by atoms with E-state index in [2.05, 4.69) is 22.0 Å². The summed E-state index contributed by atoms with van der Waals surface area (Å²) in [5, 5.41) is 8.29. The number of hydrogen-bond donors (Lipinski definition) is 2. The van der Waals surface area contributed by atoms with E-state index in [1.54, 1.807) is 0 Å². The molecular weight excluding hydrogens is 152 g/mol. The van der Waals surface area contributed by atoms with Crippen LogP contribution in [0.4, 0.5) is 0 Å². The molecule has 3 nitrogen and oxygen atoms in total. The molecule has 0 aromatic heterocycles. The first-order valence-electron chi connectivity index (χ1n) is 3.27. The quantitative estimate of drug-likeness (QED) is 0.283. The van der Waals surface area contributed by atoms with Gasteiger partial charge in [0.2, 0.25) is 0 Å². The van der Waals surface area contributed by atoms with Gasteiger partial charge >= 0.3 is 0 Å². The Morgan fingerprint density at radius 2 is 2.10 bits per heavy atom. The minimum absolute atomic E-state index is 0.252. The van der Waals surface area contributed by atoms with Crippen molar-refractivity contribution in [1.82, 2.24) is 0 Å². The van der Waals surface area contributed by atoms with Crippen LogP contribution in [0.2, 0.25) is 0 Å². The summed E-state index contributed by atoms with van der Waals surface area (Å²) in [5.41, 5.74) is 0. The van der Waals surface area contributed by atoms with Crippen LogP contribution in [0.3, 0.4) is 0 Å². The first kappa shape index (κ1) is 10.2. The van der Waals surface area contributed by atoms with Crippen molar-refractivity contribution in [3.05, 3.63) is 0 Å². The second-order valence-corrected chi connectivity index (χ2v) is 2.91. The van der Waals surface area contributed by atoms with E-state index in [-0.39, 0.29) is 6.10 Å². The molecule has 0 saturated carbocycles. The van der Waals surface area contributed by atoms with Crippen molar-refractivity contribution in [2.24, 2.45) is 5.92 Å². The summed E-state index contributed by atoms with van der Waals surface area (Å²) in [5.74, 6) is 0.487. The maximum absolute atomic E-state index is 8.29. The summed E-state index contributed by atoms with van der Waals surface area (Å²) in [7, 11) is 0. The van der Waals surface area contributed by atoms with E-state index in [9.17, 15) is 0 Å². The lowest BCUT2D eigenvalue weighted by atomic mass is 10.1. The van der Waals surface area contributed by atoms with Crippen LogP contribution in [0.1, 0.15) is 20.3 Å². The summed E-state index contributed by atoms with van der Waals surface area (Å²) in [6.07, 6.45) is 0.523. The average molecular weight is 166 g/mol. The minimum atomic E-state index is -0.252. The third-order valence-corrected chi connectivity index (χ3v) is 1.29. The molecule has 0 bridgehead atoms. The normalized spacial score (nSPS) is 14.1. The summed E-state index contributed by atoms with van der Waals surface area (Å²) in [4.78, 5) is 4.13. The Morgan fingerprint density at radius 3 is 2.40 bits per heavy atom. The maximum atomic E-state index is 8.29. The monoisotopic (exact) mass is 166 g/mol. The number of thiol groups is 1. The topological polar surface area (TPSA) is 38.7 Å². The molecule has 0 aliphatic heterocycles. The van der Waals surface area contributed by atoms with Crippen LogP contribution in [0.25, 0.3) is 0 Å². The Labute approximate surface area is 66.9 Å². The second kappa shape index (κ2) is 5.97. The van der Waals surface area contributed by atoms with Gasteiger partial charge in [-0.1, -0.05) is 13.8 Å². The predicted molar refractivity (Wildman–Crippen MR) is 41.9 cm³/mol. The van der Waals surface area contributed by atoms with E-state index in [0.717, 1.165) is 6.42 Å².